The highest BCUT2D eigenvalue weighted by Gasteiger charge is 2.13. The van der Waals surface area contributed by atoms with E-state index in [1.54, 1.807) is 12.1 Å². The minimum Gasteiger partial charge on any atom is -0.399 e. The molecule has 0 saturated heterocycles. The fourth-order valence-corrected chi connectivity index (χ4v) is 2.13. The second-order valence-corrected chi connectivity index (χ2v) is 4.71. The lowest BCUT2D eigenvalue weighted by Crippen LogP contribution is -2.24. The highest BCUT2D eigenvalue weighted by atomic mass is 19.1. The molecule has 0 amide bonds. The standard InChI is InChI=1S/C16H18F2N2/c1-2-10-20(13-8-6-12(19)7-9-13)11-14-15(17)4-3-5-16(14)18/h3-9H,2,10-11,19H2,1H3. The molecule has 0 aliphatic rings. The number of benzene rings is 2. The molecule has 2 aromatic rings. The minimum atomic E-state index is -0.512. The predicted molar refractivity (Wildman–Crippen MR) is 78.6 cm³/mol. The Kier molecular flexibility index (Phi) is 4.56. The SMILES string of the molecule is CCCN(Cc1c(F)cccc1F)c1ccc(N)cc1. The fourth-order valence-electron chi connectivity index (χ4n) is 2.13. The molecule has 0 unspecified atom stereocenters. The molecule has 0 aromatic heterocycles. The Morgan fingerprint density at radius 3 is 2.15 bits per heavy atom. The van der Waals surface area contributed by atoms with Gasteiger partial charge in [-0.25, -0.2) is 8.78 Å². The van der Waals surface area contributed by atoms with E-state index in [-0.39, 0.29) is 12.1 Å². The summed E-state index contributed by atoms with van der Waals surface area (Å²) < 4.78 is 27.5. The van der Waals surface area contributed by atoms with Crippen molar-refractivity contribution in [1.29, 1.82) is 0 Å². The Bertz CT molecular complexity index is 547. The molecule has 106 valence electrons. The van der Waals surface area contributed by atoms with Crippen LogP contribution in [0.15, 0.2) is 42.5 Å². The highest BCUT2D eigenvalue weighted by molar-refractivity contribution is 5.53. The van der Waals surface area contributed by atoms with E-state index < -0.39 is 11.6 Å². The average molecular weight is 276 g/mol. The zero-order valence-electron chi connectivity index (χ0n) is 11.4. The Hall–Kier alpha value is -2.10. The van der Waals surface area contributed by atoms with Crippen molar-refractivity contribution in [3.8, 4) is 0 Å². The van der Waals surface area contributed by atoms with E-state index in [9.17, 15) is 8.78 Å². The largest absolute Gasteiger partial charge is 0.399 e. The van der Waals surface area contributed by atoms with E-state index in [4.69, 9.17) is 5.73 Å². The van der Waals surface area contributed by atoms with Gasteiger partial charge in [0.2, 0.25) is 0 Å². The minimum absolute atomic E-state index is 0.0952. The topological polar surface area (TPSA) is 29.3 Å². The fraction of sp³-hybridized carbons (Fsp3) is 0.250. The van der Waals surface area contributed by atoms with E-state index in [0.29, 0.717) is 5.69 Å². The second kappa shape index (κ2) is 6.37. The Balaban J connectivity index is 2.28. The first-order valence-electron chi connectivity index (χ1n) is 6.65. The van der Waals surface area contributed by atoms with Gasteiger partial charge in [0.15, 0.2) is 0 Å². The zero-order valence-corrected chi connectivity index (χ0v) is 11.4. The van der Waals surface area contributed by atoms with Crippen LogP contribution in [0.5, 0.6) is 0 Å². The third-order valence-corrected chi connectivity index (χ3v) is 3.16. The van der Waals surface area contributed by atoms with Crippen LogP contribution in [-0.4, -0.2) is 6.54 Å². The lowest BCUT2D eigenvalue weighted by atomic mass is 10.1. The molecular weight excluding hydrogens is 258 g/mol. The molecule has 0 fully saturated rings. The molecule has 0 aliphatic carbocycles. The van der Waals surface area contributed by atoms with Gasteiger partial charge in [-0.1, -0.05) is 13.0 Å². The maximum atomic E-state index is 13.7. The Morgan fingerprint density at radius 2 is 1.60 bits per heavy atom. The highest BCUT2D eigenvalue weighted by Crippen LogP contribution is 2.22. The molecule has 2 nitrogen and oxygen atoms in total. The number of nitrogens with zero attached hydrogens (tertiary/aromatic N) is 1. The number of nitrogens with two attached hydrogens (primary N) is 1. The van der Waals surface area contributed by atoms with Gasteiger partial charge in [-0.15, -0.1) is 0 Å². The quantitative estimate of drug-likeness (QED) is 0.837. The number of nitrogen functional groups attached to an aromatic ring is 1. The third-order valence-electron chi connectivity index (χ3n) is 3.16. The number of anilines is 2. The monoisotopic (exact) mass is 276 g/mol. The maximum Gasteiger partial charge on any atom is 0.131 e. The zero-order chi connectivity index (χ0) is 14.5. The van der Waals surface area contributed by atoms with Crippen molar-refractivity contribution in [2.75, 3.05) is 17.2 Å². The molecular formula is C16H18F2N2. The molecule has 0 radical (unpaired) electrons. The third kappa shape index (κ3) is 3.26. The van der Waals surface area contributed by atoms with E-state index in [1.165, 1.54) is 18.2 Å². The van der Waals surface area contributed by atoms with Crippen molar-refractivity contribution < 1.29 is 8.78 Å². The van der Waals surface area contributed by atoms with Gasteiger partial charge in [-0.2, -0.15) is 0 Å². The number of halogens is 2. The van der Waals surface area contributed by atoms with Gasteiger partial charge in [0.05, 0.1) is 0 Å². The summed E-state index contributed by atoms with van der Waals surface area (Å²) in [5, 5.41) is 0. The molecule has 0 bridgehead atoms. The molecule has 0 heterocycles. The van der Waals surface area contributed by atoms with Crippen LogP contribution in [0, 0.1) is 11.6 Å². The first-order chi connectivity index (χ1) is 9.61. The van der Waals surface area contributed by atoms with Crippen molar-refractivity contribution in [3.05, 3.63) is 59.7 Å². The maximum absolute atomic E-state index is 13.7. The van der Waals surface area contributed by atoms with Crippen molar-refractivity contribution in [2.24, 2.45) is 0 Å². The average Bonchev–Trinajstić information content (AvgIpc) is 2.43. The second-order valence-electron chi connectivity index (χ2n) is 4.71. The Morgan fingerprint density at radius 1 is 1.00 bits per heavy atom. The number of hydrogen-bond donors (Lipinski definition) is 1. The van der Waals surface area contributed by atoms with E-state index >= 15 is 0 Å². The van der Waals surface area contributed by atoms with Crippen LogP contribution < -0.4 is 10.6 Å². The van der Waals surface area contributed by atoms with E-state index in [0.717, 1.165) is 18.7 Å². The van der Waals surface area contributed by atoms with Crippen molar-refractivity contribution in [2.45, 2.75) is 19.9 Å². The lowest BCUT2D eigenvalue weighted by molar-refractivity contribution is 0.549. The van der Waals surface area contributed by atoms with Crippen molar-refractivity contribution in [3.63, 3.8) is 0 Å². The Labute approximate surface area is 117 Å². The lowest BCUT2D eigenvalue weighted by Gasteiger charge is -2.25. The summed E-state index contributed by atoms with van der Waals surface area (Å²) in [6, 6.07) is 11.2. The summed E-state index contributed by atoms with van der Waals surface area (Å²) in [6.07, 6.45) is 0.889. The first-order valence-corrected chi connectivity index (χ1v) is 6.65. The normalized spacial score (nSPS) is 10.6. The summed E-state index contributed by atoms with van der Waals surface area (Å²) in [5.74, 6) is -1.02. The molecule has 0 atom stereocenters. The summed E-state index contributed by atoms with van der Waals surface area (Å²) in [5.41, 5.74) is 7.33. The van der Waals surface area contributed by atoms with Gasteiger partial charge in [-0.05, 0) is 42.8 Å². The van der Waals surface area contributed by atoms with Crippen LogP contribution in [0.4, 0.5) is 20.2 Å². The van der Waals surface area contributed by atoms with E-state index in [1.807, 2.05) is 24.0 Å². The van der Waals surface area contributed by atoms with Crippen LogP contribution in [0.25, 0.3) is 0 Å². The molecule has 0 spiro atoms. The molecule has 0 saturated carbocycles. The van der Waals surface area contributed by atoms with E-state index in [2.05, 4.69) is 0 Å². The molecule has 2 aromatic carbocycles. The van der Waals surface area contributed by atoms with Crippen LogP contribution in [0.1, 0.15) is 18.9 Å². The molecule has 0 aliphatic heterocycles. The van der Waals surface area contributed by atoms with Crippen molar-refractivity contribution in [1.82, 2.24) is 0 Å². The van der Waals surface area contributed by atoms with Gasteiger partial charge in [0.25, 0.3) is 0 Å². The van der Waals surface area contributed by atoms with Gasteiger partial charge < -0.3 is 10.6 Å². The van der Waals surface area contributed by atoms with Crippen LogP contribution in [0.2, 0.25) is 0 Å². The van der Waals surface area contributed by atoms with Gasteiger partial charge in [-0.3, -0.25) is 0 Å². The predicted octanol–water partition coefficient (Wildman–Crippen LogP) is 3.96. The van der Waals surface area contributed by atoms with Crippen molar-refractivity contribution >= 4 is 11.4 Å². The number of rotatable bonds is 5. The summed E-state index contributed by atoms with van der Waals surface area (Å²) in [7, 11) is 0. The van der Waals surface area contributed by atoms with Gasteiger partial charge in [0, 0.05) is 30.0 Å². The number of hydrogen-bond acceptors (Lipinski definition) is 2. The summed E-state index contributed by atoms with van der Waals surface area (Å²) >= 11 is 0. The van der Waals surface area contributed by atoms with Crippen LogP contribution in [-0.2, 0) is 6.54 Å². The molecule has 4 heteroatoms. The van der Waals surface area contributed by atoms with Gasteiger partial charge in [0.1, 0.15) is 11.6 Å². The van der Waals surface area contributed by atoms with Crippen LogP contribution in [0.3, 0.4) is 0 Å². The molecule has 20 heavy (non-hydrogen) atoms. The van der Waals surface area contributed by atoms with Gasteiger partial charge >= 0.3 is 0 Å². The summed E-state index contributed by atoms with van der Waals surface area (Å²) in [6.45, 7) is 2.95. The first kappa shape index (κ1) is 14.3. The molecule has 2 rings (SSSR count). The molecule has 2 N–H and O–H groups in total. The smallest absolute Gasteiger partial charge is 0.131 e. The van der Waals surface area contributed by atoms with Crippen LogP contribution >= 0.6 is 0 Å². The summed E-state index contributed by atoms with van der Waals surface area (Å²) in [4.78, 5) is 1.95.